The molecule has 1 rings (SSSR count). The number of aliphatic hydroxyl groups excluding tert-OH is 1. The van der Waals surface area contributed by atoms with Gasteiger partial charge in [0.2, 0.25) is 0 Å². The van der Waals surface area contributed by atoms with Gasteiger partial charge in [-0.15, -0.1) is 10.2 Å². The molecule has 1 aromatic rings. The molecule has 2 N–H and O–H groups in total. The molecule has 6 heteroatoms. The summed E-state index contributed by atoms with van der Waals surface area (Å²) in [7, 11) is 0. The van der Waals surface area contributed by atoms with Crippen molar-refractivity contribution < 1.29 is 5.11 Å². The fourth-order valence-corrected chi connectivity index (χ4v) is 1.88. The first-order valence-corrected chi connectivity index (χ1v) is 6.23. The lowest BCUT2D eigenvalue weighted by Crippen LogP contribution is -2.31. The maximum atomic E-state index is 9.10. The van der Waals surface area contributed by atoms with Crippen LogP contribution in [0.5, 0.6) is 0 Å². The highest BCUT2D eigenvalue weighted by Gasteiger charge is 2.15. The quantitative estimate of drug-likeness (QED) is 0.829. The van der Waals surface area contributed by atoms with E-state index in [4.69, 9.17) is 16.7 Å². The van der Waals surface area contributed by atoms with Crippen LogP contribution in [0.3, 0.4) is 0 Å². The summed E-state index contributed by atoms with van der Waals surface area (Å²) >= 11 is 7.23. The van der Waals surface area contributed by atoms with Gasteiger partial charge < -0.3 is 10.4 Å². The van der Waals surface area contributed by atoms with Gasteiger partial charge in [-0.25, -0.2) is 0 Å². The molecule has 0 aromatic carbocycles. The van der Waals surface area contributed by atoms with Crippen LogP contribution in [0.1, 0.15) is 6.92 Å². The number of rotatable bonds is 5. The Balaban J connectivity index is 2.57. The number of nitrogens with zero attached hydrogens (tertiary/aromatic N) is 2. The summed E-state index contributed by atoms with van der Waals surface area (Å²) in [6.45, 7) is 2.13. The fourth-order valence-electron chi connectivity index (χ4n) is 1.16. The lowest BCUT2D eigenvalue weighted by molar-refractivity contribution is 0.288. The normalized spacial score (nSPS) is 14.7. The molecule has 0 saturated carbocycles. The summed E-state index contributed by atoms with van der Waals surface area (Å²) in [5.41, 5.74) is 0. The van der Waals surface area contributed by atoms with Gasteiger partial charge in [0.1, 0.15) is 5.82 Å². The molecule has 0 radical (unpaired) electrons. The Bertz CT molecular complexity index is 292. The van der Waals surface area contributed by atoms with Crippen LogP contribution < -0.4 is 5.32 Å². The summed E-state index contributed by atoms with van der Waals surface area (Å²) in [4.78, 5) is 0. The van der Waals surface area contributed by atoms with Gasteiger partial charge in [0, 0.05) is 11.3 Å². The Kier molecular flexibility index (Phi) is 5.14. The number of halogens is 1. The van der Waals surface area contributed by atoms with E-state index in [0.717, 1.165) is 0 Å². The number of thioether (sulfide) groups is 1. The third kappa shape index (κ3) is 3.85. The Labute approximate surface area is 98.4 Å². The third-order valence-electron chi connectivity index (χ3n) is 2.05. The zero-order valence-corrected chi connectivity index (χ0v) is 10.2. The van der Waals surface area contributed by atoms with E-state index in [1.807, 2.05) is 13.2 Å². The maximum absolute atomic E-state index is 9.10. The molecule has 2 unspecified atom stereocenters. The van der Waals surface area contributed by atoms with E-state index in [9.17, 15) is 0 Å². The second-order valence-electron chi connectivity index (χ2n) is 3.13. The highest BCUT2D eigenvalue weighted by atomic mass is 35.5. The molecule has 84 valence electrons. The smallest absolute Gasteiger partial charge is 0.151 e. The molecule has 0 fully saturated rings. The number of hydrogen-bond acceptors (Lipinski definition) is 5. The Morgan fingerprint density at radius 1 is 1.53 bits per heavy atom. The largest absolute Gasteiger partial charge is 0.395 e. The van der Waals surface area contributed by atoms with Gasteiger partial charge in [0.05, 0.1) is 6.61 Å². The molecule has 4 nitrogen and oxygen atoms in total. The summed E-state index contributed by atoms with van der Waals surface area (Å²) in [6, 6.07) is 3.57. The predicted octanol–water partition coefficient (Wildman–Crippen LogP) is 1.65. The van der Waals surface area contributed by atoms with Gasteiger partial charge in [-0.05, 0) is 25.3 Å². The fraction of sp³-hybridized carbons (Fsp3) is 0.556. The highest BCUT2D eigenvalue weighted by Crippen LogP contribution is 2.14. The molecule has 0 aliphatic rings. The van der Waals surface area contributed by atoms with Crippen molar-refractivity contribution in [2.24, 2.45) is 0 Å². The van der Waals surface area contributed by atoms with Crippen LogP contribution in [0.4, 0.5) is 5.82 Å². The number of anilines is 1. The van der Waals surface area contributed by atoms with E-state index in [1.54, 1.807) is 23.9 Å². The van der Waals surface area contributed by atoms with Crippen molar-refractivity contribution in [3.63, 3.8) is 0 Å². The lowest BCUT2D eigenvalue weighted by atomic mass is 10.2. The predicted molar refractivity (Wildman–Crippen MR) is 64.5 cm³/mol. The first-order valence-electron chi connectivity index (χ1n) is 4.56. The molecular formula is C9H14ClN3OS. The number of hydrogen-bond donors (Lipinski definition) is 2. The van der Waals surface area contributed by atoms with Crippen molar-refractivity contribution in [2.75, 3.05) is 18.2 Å². The molecule has 0 amide bonds. The van der Waals surface area contributed by atoms with Crippen LogP contribution in [-0.4, -0.2) is 39.5 Å². The van der Waals surface area contributed by atoms with Crippen molar-refractivity contribution in [1.29, 1.82) is 0 Å². The second kappa shape index (κ2) is 6.15. The maximum Gasteiger partial charge on any atom is 0.151 e. The first kappa shape index (κ1) is 12.5. The van der Waals surface area contributed by atoms with Gasteiger partial charge in [0.15, 0.2) is 5.15 Å². The van der Waals surface area contributed by atoms with E-state index >= 15 is 0 Å². The molecule has 0 spiro atoms. The Hall–Kier alpha value is -0.520. The summed E-state index contributed by atoms with van der Waals surface area (Å²) < 4.78 is 0. The Morgan fingerprint density at radius 2 is 2.27 bits per heavy atom. The van der Waals surface area contributed by atoms with Crippen molar-refractivity contribution in [2.45, 2.75) is 18.2 Å². The minimum absolute atomic E-state index is 0.125. The van der Waals surface area contributed by atoms with Gasteiger partial charge in [-0.2, -0.15) is 11.8 Å². The van der Waals surface area contributed by atoms with Crippen molar-refractivity contribution >= 4 is 29.2 Å². The summed E-state index contributed by atoms with van der Waals surface area (Å²) in [5, 5.41) is 20.4. The Morgan fingerprint density at radius 3 is 2.73 bits per heavy atom. The molecule has 0 bridgehead atoms. The second-order valence-corrected chi connectivity index (χ2v) is 4.60. The van der Waals surface area contributed by atoms with Crippen LogP contribution in [-0.2, 0) is 0 Å². The van der Waals surface area contributed by atoms with E-state index in [2.05, 4.69) is 15.5 Å². The lowest BCUT2D eigenvalue weighted by Gasteiger charge is -2.21. The average molecular weight is 248 g/mol. The molecule has 0 saturated heterocycles. The van der Waals surface area contributed by atoms with E-state index < -0.39 is 0 Å². The zero-order valence-electron chi connectivity index (χ0n) is 8.64. The van der Waals surface area contributed by atoms with Gasteiger partial charge in [0.25, 0.3) is 0 Å². The molecule has 15 heavy (non-hydrogen) atoms. The number of aromatic nitrogens is 2. The highest BCUT2D eigenvalue weighted by molar-refractivity contribution is 7.99. The minimum Gasteiger partial charge on any atom is -0.395 e. The van der Waals surface area contributed by atoms with Gasteiger partial charge >= 0.3 is 0 Å². The topological polar surface area (TPSA) is 58.0 Å². The minimum atomic E-state index is 0.125. The summed E-state index contributed by atoms with van der Waals surface area (Å²) in [6.07, 6.45) is 1.96. The molecule has 1 heterocycles. The van der Waals surface area contributed by atoms with Crippen molar-refractivity contribution in [1.82, 2.24) is 10.2 Å². The SMILES string of the molecule is CSC(CO)C(C)Nc1ccc(Cl)nn1. The van der Waals surface area contributed by atoms with Gasteiger partial charge in [-0.1, -0.05) is 11.6 Å². The monoisotopic (exact) mass is 247 g/mol. The van der Waals surface area contributed by atoms with Gasteiger partial charge in [-0.3, -0.25) is 0 Å². The molecule has 1 aromatic heterocycles. The molecule has 2 atom stereocenters. The van der Waals surface area contributed by atoms with E-state index in [0.29, 0.717) is 11.0 Å². The molecule has 0 aliphatic heterocycles. The third-order valence-corrected chi connectivity index (χ3v) is 3.41. The zero-order chi connectivity index (χ0) is 11.3. The van der Waals surface area contributed by atoms with Crippen LogP contribution in [0.25, 0.3) is 0 Å². The number of aliphatic hydroxyl groups is 1. The van der Waals surface area contributed by atoms with Crippen molar-refractivity contribution in [3.8, 4) is 0 Å². The molecule has 0 aliphatic carbocycles. The van der Waals surface area contributed by atoms with Crippen LogP contribution in [0.15, 0.2) is 12.1 Å². The van der Waals surface area contributed by atoms with Crippen LogP contribution in [0, 0.1) is 0 Å². The average Bonchev–Trinajstić information content (AvgIpc) is 2.23. The number of nitrogens with one attached hydrogen (secondary N) is 1. The summed E-state index contributed by atoms with van der Waals surface area (Å²) in [5.74, 6) is 0.666. The molecular weight excluding hydrogens is 234 g/mol. The standard InChI is InChI=1S/C9H14ClN3OS/c1-6(7(5-14)15-2)11-9-4-3-8(10)12-13-9/h3-4,6-7,14H,5H2,1-2H3,(H,11,13). The van der Waals surface area contributed by atoms with Crippen LogP contribution in [0.2, 0.25) is 5.15 Å². The van der Waals surface area contributed by atoms with E-state index in [1.165, 1.54) is 0 Å². The van der Waals surface area contributed by atoms with Crippen molar-refractivity contribution in [3.05, 3.63) is 17.3 Å². The first-order chi connectivity index (χ1) is 7.17. The van der Waals surface area contributed by atoms with Crippen LogP contribution >= 0.6 is 23.4 Å². The van der Waals surface area contributed by atoms with E-state index in [-0.39, 0.29) is 17.9 Å².